The van der Waals surface area contributed by atoms with Crippen LogP contribution in [0.25, 0.3) is 5.69 Å². The maximum absolute atomic E-state index is 12.3. The van der Waals surface area contributed by atoms with Crippen LogP contribution in [0, 0.1) is 5.92 Å². The zero-order valence-corrected chi connectivity index (χ0v) is 13.9. The highest BCUT2D eigenvalue weighted by Gasteiger charge is 2.25. The second-order valence-electron chi connectivity index (χ2n) is 5.37. The number of hydrogen-bond donors (Lipinski definition) is 1. The molecule has 0 bridgehead atoms. The van der Waals surface area contributed by atoms with Gasteiger partial charge in [-0.3, -0.25) is 4.79 Å². The van der Waals surface area contributed by atoms with Gasteiger partial charge in [0.2, 0.25) is 0 Å². The molecule has 0 aliphatic carbocycles. The van der Waals surface area contributed by atoms with E-state index in [1.165, 1.54) is 13.3 Å². The molecule has 0 saturated carbocycles. The highest BCUT2D eigenvalue weighted by Crippen LogP contribution is 2.15. The van der Waals surface area contributed by atoms with E-state index in [0.717, 1.165) is 5.69 Å². The van der Waals surface area contributed by atoms with Crippen molar-refractivity contribution in [1.29, 1.82) is 0 Å². The van der Waals surface area contributed by atoms with Gasteiger partial charge in [0, 0.05) is 11.2 Å². The molecular formula is C16H18ClN3O3. The van der Waals surface area contributed by atoms with Gasteiger partial charge in [0.1, 0.15) is 6.04 Å². The van der Waals surface area contributed by atoms with Crippen molar-refractivity contribution in [3.8, 4) is 5.69 Å². The molecular weight excluding hydrogens is 318 g/mol. The molecule has 6 nitrogen and oxygen atoms in total. The van der Waals surface area contributed by atoms with Crippen LogP contribution >= 0.6 is 11.6 Å². The predicted molar refractivity (Wildman–Crippen MR) is 86.7 cm³/mol. The summed E-state index contributed by atoms with van der Waals surface area (Å²) in [5.74, 6) is -0.952. The molecule has 2 aromatic rings. The third kappa shape index (κ3) is 4.10. The van der Waals surface area contributed by atoms with E-state index in [1.807, 2.05) is 19.9 Å². The van der Waals surface area contributed by atoms with E-state index in [0.29, 0.717) is 10.6 Å². The number of ether oxygens (including phenoxy) is 1. The smallest absolute Gasteiger partial charge is 0.328 e. The first-order valence-corrected chi connectivity index (χ1v) is 7.49. The van der Waals surface area contributed by atoms with Crippen LogP contribution in [0.3, 0.4) is 0 Å². The monoisotopic (exact) mass is 335 g/mol. The lowest BCUT2D eigenvalue weighted by Gasteiger charge is -2.19. The van der Waals surface area contributed by atoms with Crippen LogP contribution in [-0.2, 0) is 9.53 Å². The molecule has 1 heterocycles. The molecule has 0 fully saturated rings. The summed E-state index contributed by atoms with van der Waals surface area (Å²) < 4.78 is 6.25. The number of methoxy groups -OCH3 is 1. The van der Waals surface area contributed by atoms with Crippen LogP contribution in [0.4, 0.5) is 0 Å². The maximum atomic E-state index is 12.3. The van der Waals surface area contributed by atoms with Crippen LogP contribution in [0.5, 0.6) is 0 Å². The van der Waals surface area contributed by atoms with Gasteiger partial charge >= 0.3 is 5.97 Å². The Morgan fingerprint density at radius 3 is 2.70 bits per heavy atom. The first-order chi connectivity index (χ1) is 10.9. The van der Waals surface area contributed by atoms with Gasteiger partial charge in [-0.15, -0.1) is 0 Å². The van der Waals surface area contributed by atoms with Crippen molar-refractivity contribution < 1.29 is 14.3 Å². The van der Waals surface area contributed by atoms with Gasteiger partial charge in [-0.2, -0.15) is 5.10 Å². The van der Waals surface area contributed by atoms with Gasteiger partial charge in [-0.05, 0) is 24.1 Å². The largest absolute Gasteiger partial charge is 0.467 e. The zero-order chi connectivity index (χ0) is 17.0. The molecule has 1 aromatic heterocycles. The summed E-state index contributed by atoms with van der Waals surface area (Å²) in [4.78, 5) is 24.0. The molecule has 1 aromatic carbocycles. The number of aromatic nitrogens is 2. The SMILES string of the molecule is COC(=O)C(NC(=O)c1cnn(-c2cccc(Cl)c2)c1)C(C)C. The molecule has 1 amide bonds. The molecule has 0 saturated heterocycles. The second kappa shape index (κ2) is 7.28. The van der Waals surface area contributed by atoms with Gasteiger partial charge in [-0.1, -0.05) is 31.5 Å². The van der Waals surface area contributed by atoms with Gasteiger partial charge in [0.05, 0.1) is 24.6 Å². The molecule has 1 atom stereocenters. The standard InChI is InChI=1S/C16H18ClN3O3/c1-10(2)14(16(22)23-3)19-15(21)11-8-18-20(9-11)13-6-4-5-12(17)7-13/h4-10,14H,1-3H3,(H,19,21). The summed E-state index contributed by atoms with van der Waals surface area (Å²) in [5.41, 5.74) is 1.09. The van der Waals surface area contributed by atoms with Crippen molar-refractivity contribution in [2.45, 2.75) is 19.9 Å². The first kappa shape index (κ1) is 17.0. The van der Waals surface area contributed by atoms with Crippen molar-refractivity contribution in [3.05, 3.63) is 47.2 Å². The lowest BCUT2D eigenvalue weighted by atomic mass is 10.0. The van der Waals surface area contributed by atoms with Crippen LogP contribution in [-0.4, -0.2) is 34.8 Å². The Morgan fingerprint density at radius 1 is 1.35 bits per heavy atom. The number of nitrogens with zero attached hydrogens (tertiary/aromatic N) is 2. The summed E-state index contributed by atoms with van der Waals surface area (Å²) >= 11 is 5.95. The fraction of sp³-hybridized carbons (Fsp3) is 0.312. The Labute approximate surface area is 139 Å². The Kier molecular flexibility index (Phi) is 5.39. The van der Waals surface area contributed by atoms with E-state index in [9.17, 15) is 9.59 Å². The molecule has 122 valence electrons. The summed E-state index contributed by atoms with van der Waals surface area (Å²) in [6, 6.07) is 6.41. The number of nitrogens with one attached hydrogen (secondary N) is 1. The van der Waals surface area contributed by atoms with E-state index in [4.69, 9.17) is 16.3 Å². The normalized spacial score (nSPS) is 12.0. The minimum Gasteiger partial charge on any atom is -0.467 e. The Hall–Kier alpha value is -2.34. The fourth-order valence-corrected chi connectivity index (χ4v) is 2.23. The van der Waals surface area contributed by atoms with Crippen molar-refractivity contribution in [2.75, 3.05) is 7.11 Å². The first-order valence-electron chi connectivity index (χ1n) is 7.11. The van der Waals surface area contributed by atoms with E-state index in [1.54, 1.807) is 29.1 Å². The number of hydrogen-bond acceptors (Lipinski definition) is 4. The molecule has 0 spiro atoms. The number of carbonyl (C=O) groups excluding carboxylic acids is 2. The van der Waals surface area contributed by atoms with Crippen LogP contribution < -0.4 is 5.32 Å². The molecule has 0 aliphatic rings. The third-order valence-corrected chi connectivity index (χ3v) is 3.56. The third-order valence-electron chi connectivity index (χ3n) is 3.33. The number of amides is 1. The lowest BCUT2D eigenvalue weighted by Crippen LogP contribution is -2.44. The average Bonchev–Trinajstić information content (AvgIpc) is 3.01. The molecule has 2 rings (SSSR count). The van der Waals surface area contributed by atoms with E-state index in [-0.39, 0.29) is 11.8 Å². The molecule has 1 unspecified atom stereocenters. The zero-order valence-electron chi connectivity index (χ0n) is 13.1. The van der Waals surface area contributed by atoms with Crippen LogP contribution in [0.2, 0.25) is 5.02 Å². The molecule has 23 heavy (non-hydrogen) atoms. The summed E-state index contributed by atoms with van der Waals surface area (Å²) in [7, 11) is 1.29. The van der Waals surface area contributed by atoms with Crippen LogP contribution in [0.15, 0.2) is 36.7 Å². The Bertz CT molecular complexity index is 712. The molecule has 0 aliphatic heterocycles. The van der Waals surface area contributed by atoms with Crippen LogP contribution in [0.1, 0.15) is 24.2 Å². The maximum Gasteiger partial charge on any atom is 0.328 e. The molecule has 1 N–H and O–H groups in total. The van der Waals surface area contributed by atoms with Gasteiger partial charge in [0.15, 0.2) is 0 Å². The quantitative estimate of drug-likeness (QED) is 0.852. The van der Waals surface area contributed by atoms with Gasteiger partial charge in [-0.25, -0.2) is 9.48 Å². The predicted octanol–water partition coefficient (Wildman–Crippen LogP) is 2.45. The van der Waals surface area contributed by atoms with E-state index in [2.05, 4.69) is 10.4 Å². The number of esters is 1. The topological polar surface area (TPSA) is 73.2 Å². The number of benzene rings is 1. The lowest BCUT2D eigenvalue weighted by molar-refractivity contribution is -0.144. The van der Waals surface area contributed by atoms with Gasteiger partial charge < -0.3 is 10.1 Å². The highest BCUT2D eigenvalue weighted by atomic mass is 35.5. The molecule has 0 radical (unpaired) electrons. The number of halogens is 1. The van der Waals surface area contributed by atoms with E-state index >= 15 is 0 Å². The minimum atomic E-state index is -0.706. The summed E-state index contributed by atoms with van der Waals surface area (Å²) in [6.45, 7) is 3.66. The van der Waals surface area contributed by atoms with Crippen molar-refractivity contribution in [2.24, 2.45) is 5.92 Å². The Balaban J connectivity index is 2.16. The highest BCUT2D eigenvalue weighted by molar-refractivity contribution is 6.30. The Morgan fingerprint density at radius 2 is 2.09 bits per heavy atom. The van der Waals surface area contributed by atoms with Crippen molar-refractivity contribution >= 4 is 23.5 Å². The number of rotatable bonds is 5. The molecule has 7 heteroatoms. The average molecular weight is 336 g/mol. The number of carbonyl (C=O) groups is 2. The van der Waals surface area contributed by atoms with Crippen molar-refractivity contribution in [1.82, 2.24) is 15.1 Å². The summed E-state index contributed by atoms with van der Waals surface area (Å²) in [5, 5.41) is 7.39. The fourth-order valence-electron chi connectivity index (χ4n) is 2.05. The van der Waals surface area contributed by atoms with E-state index < -0.39 is 12.0 Å². The van der Waals surface area contributed by atoms with Crippen molar-refractivity contribution in [3.63, 3.8) is 0 Å². The van der Waals surface area contributed by atoms with Gasteiger partial charge in [0.25, 0.3) is 5.91 Å². The minimum absolute atomic E-state index is 0.0885. The summed E-state index contributed by atoms with van der Waals surface area (Å²) in [6.07, 6.45) is 3.01. The second-order valence-corrected chi connectivity index (χ2v) is 5.81.